The highest BCUT2D eigenvalue weighted by Gasteiger charge is 2.29. The Morgan fingerprint density at radius 3 is 2.45 bits per heavy atom. The zero-order valence-corrected chi connectivity index (χ0v) is 10.5. The van der Waals surface area contributed by atoms with E-state index in [1.54, 1.807) is 0 Å². The summed E-state index contributed by atoms with van der Waals surface area (Å²) in [6, 6.07) is 4.73. The largest absolute Gasteiger partial charge is 0.490 e. The number of hydrogen-bond donors (Lipinski definition) is 0. The minimum atomic E-state index is -4.34. The first-order valence-corrected chi connectivity index (χ1v) is 5.63. The van der Waals surface area contributed by atoms with E-state index in [4.69, 9.17) is 9.47 Å². The molecule has 0 N–H and O–H groups in total. The maximum atomic E-state index is 12.4. The van der Waals surface area contributed by atoms with Crippen LogP contribution in [0.25, 0.3) is 0 Å². The lowest BCUT2D eigenvalue weighted by Gasteiger charge is -2.10. The lowest BCUT2D eigenvalue weighted by Crippen LogP contribution is -2.05. The van der Waals surface area contributed by atoms with Gasteiger partial charge in [-0.15, -0.1) is 0 Å². The Hall–Kier alpha value is -2.31. The van der Waals surface area contributed by atoms with Crippen LogP contribution >= 0.6 is 0 Å². The number of aromatic nitrogens is 2. The van der Waals surface area contributed by atoms with Crippen LogP contribution in [0.1, 0.15) is 11.1 Å². The molecule has 0 aliphatic carbocycles. The molecule has 0 amide bonds. The van der Waals surface area contributed by atoms with Crippen molar-refractivity contribution in [1.82, 2.24) is 9.97 Å². The lowest BCUT2D eigenvalue weighted by molar-refractivity contribution is -0.137. The standard InChI is InChI=1S/C13H11F3N2O2/c1-19-11-6-17-8-18-12(11)20-7-9-2-4-10(5-3-9)13(14,15)16/h2-6,8H,7H2,1H3. The van der Waals surface area contributed by atoms with E-state index in [1.165, 1.54) is 31.8 Å². The summed E-state index contributed by atoms with van der Waals surface area (Å²) in [4.78, 5) is 7.65. The fraction of sp³-hybridized carbons (Fsp3) is 0.231. The molecule has 1 aromatic carbocycles. The first kappa shape index (κ1) is 14.1. The van der Waals surface area contributed by atoms with Crippen molar-refractivity contribution < 1.29 is 22.6 Å². The number of rotatable bonds is 4. The van der Waals surface area contributed by atoms with Crippen molar-refractivity contribution in [2.24, 2.45) is 0 Å². The summed E-state index contributed by atoms with van der Waals surface area (Å²) in [6.45, 7) is 0.0888. The summed E-state index contributed by atoms with van der Waals surface area (Å²) in [5, 5.41) is 0. The van der Waals surface area contributed by atoms with Crippen LogP contribution in [0, 0.1) is 0 Å². The van der Waals surface area contributed by atoms with Crippen LogP contribution in [0.5, 0.6) is 11.6 Å². The third kappa shape index (κ3) is 3.37. The summed E-state index contributed by atoms with van der Waals surface area (Å²) in [6.07, 6.45) is -1.60. The molecule has 0 bridgehead atoms. The molecule has 106 valence electrons. The van der Waals surface area contributed by atoms with Crippen LogP contribution < -0.4 is 9.47 Å². The molecule has 0 aliphatic rings. The smallest absolute Gasteiger partial charge is 0.416 e. The summed E-state index contributed by atoms with van der Waals surface area (Å²) in [5.41, 5.74) is -0.0977. The van der Waals surface area contributed by atoms with E-state index in [0.717, 1.165) is 12.1 Å². The first-order chi connectivity index (χ1) is 9.50. The van der Waals surface area contributed by atoms with Gasteiger partial charge < -0.3 is 9.47 Å². The molecule has 20 heavy (non-hydrogen) atoms. The second-order valence-corrected chi connectivity index (χ2v) is 3.88. The Morgan fingerprint density at radius 1 is 1.15 bits per heavy atom. The fourth-order valence-corrected chi connectivity index (χ4v) is 1.50. The quantitative estimate of drug-likeness (QED) is 0.865. The topological polar surface area (TPSA) is 44.2 Å². The van der Waals surface area contributed by atoms with Gasteiger partial charge >= 0.3 is 6.18 Å². The van der Waals surface area contributed by atoms with E-state index in [1.807, 2.05) is 0 Å². The second kappa shape index (κ2) is 5.77. The number of nitrogens with zero attached hydrogens (tertiary/aromatic N) is 2. The average Bonchev–Trinajstić information content (AvgIpc) is 2.45. The summed E-state index contributed by atoms with van der Waals surface area (Å²) in [7, 11) is 1.45. The highest BCUT2D eigenvalue weighted by Crippen LogP contribution is 2.29. The molecule has 1 heterocycles. The number of benzene rings is 1. The second-order valence-electron chi connectivity index (χ2n) is 3.88. The molecule has 1 aromatic heterocycles. The van der Waals surface area contributed by atoms with E-state index < -0.39 is 11.7 Å². The van der Waals surface area contributed by atoms with Gasteiger partial charge in [0.05, 0.1) is 18.9 Å². The Morgan fingerprint density at radius 2 is 1.85 bits per heavy atom. The molecule has 0 atom stereocenters. The lowest BCUT2D eigenvalue weighted by atomic mass is 10.1. The van der Waals surface area contributed by atoms with Crippen LogP contribution in [-0.4, -0.2) is 17.1 Å². The third-order valence-corrected chi connectivity index (χ3v) is 2.52. The zero-order valence-electron chi connectivity index (χ0n) is 10.5. The molecule has 0 saturated carbocycles. The molecule has 0 radical (unpaired) electrons. The van der Waals surface area contributed by atoms with Gasteiger partial charge in [0.15, 0.2) is 5.75 Å². The van der Waals surface area contributed by atoms with Crippen molar-refractivity contribution in [3.63, 3.8) is 0 Å². The van der Waals surface area contributed by atoms with Gasteiger partial charge in [-0.05, 0) is 17.7 Å². The molecule has 0 aliphatic heterocycles. The molecule has 7 heteroatoms. The SMILES string of the molecule is COc1cncnc1OCc1ccc(C(F)(F)F)cc1. The van der Waals surface area contributed by atoms with Crippen molar-refractivity contribution in [3.8, 4) is 11.6 Å². The van der Waals surface area contributed by atoms with E-state index in [0.29, 0.717) is 11.3 Å². The van der Waals surface area contributed by atoms with Gasteiger partial charge in [0.25, 0.3) is 5.88 Å². The summed E-state index contributed by atoms with van der Waals surface area (Å²) in [5.74, 6) is 0.599. The van der Waals surface area contributed by atoms with E-state index in [9.17, 15) is 13.2 Å². The van der Waals surface area contributed by atoms with Gasteiger partial charge in [-0.2, -0.15) is 18.2 Å². The van der Waals surface area contributed by atoms with Gasteiger partial charge in [-0.25, -0.2) is 4.98 Å². The number of halogens is 3. The average molecular weight is 284 g/mol. The third-order valence-electron chi connectivity index (χ3n) is 2.52. The molecule has 0 saturated heterocycles. The van der Waals surface area contributed by atoms with Crippen molar-refractivity contribution >= 4 is 0 Å². The first-order valence-electron chi connectivity index (χ1n) is 5.63. The predicted molar refractivity (Wildman–Crippen MR) is 64.4 cm³/mol. The summed E-state index contributed by atoms with van der Waals surface area (Å²) < 4.78 is 47.6. The Labute approximate surface area is 113 Å². The number of alkyl halides is 3. The molecule has 0 fully saturated rings. The maximum absolute atomic E-state index is 12.4. The van der Waals surface area contributed by atoms with Gasteiger partial charge in [0, 0.05) is 0 Å². The van der Waals surface area contributed by atoms with Crippen molar-refractivity contribution in [2.45, 2.75) is 12.8 Å². The summed E-state index contributed by atoms with van der Waals surface area (Å²) >= 11 is 0. The zero-order chi connectivity index (χ0) is 14.6. The van der Waals surface area contributed by atoms with Gasteiger partial charge in [0.1, 0.15) is 12.9 Å². The Kier molecular flexibility index (Phi) is 4.07. The molecule has 2 aromatic rings. The van der Waals surface area contributed by atoms with Gasteiger partial charge in [-0.3, -0.25) is 0 Å². The van der Waals surface area contributed by atoms with Gasteiger partial charge in [-0.1, -0.05) is 12.1 Å². The van der Waals surface area contributed by atoms with E-state index in [-0.39, 0.29) is 12.5 Å². The van der Waals surface area contributed by atoms with Crippen LogP contribution in [0.15, 0.2) is 36.8 Å². The molecule has 2 rings (SSSR count). The predicted octanol–water partition coefficient (Wildman–Crippen LogP) is 3.08. The Bertz CT molecular complexity index is 571. The van der Waals surface area contributed by atoms with Crippen LogP contribution in [0.2, 0.25) is 0 Å². The number of ether oxygens (including phenoxy) is 2. The highest BCUT2D eigenvalue weighted by atomic mass is 19.4. The molecular formula is C13H11F3N2O2. The van der Waals surface area contributed by atoms with Crippen molar-refractivity contribution in [3.05, 3.63) is 47.9 Å². The molecule has 4 nitrogen and oxygen atoms in total. The highest BCUT2D eigenvalue weighted by molar-refractivity contribution is 5.30. The maximum Gasteiger partial charge on any atom is 0.416 e. The van der Waals surface area contributed by atoms with Crippen molar-refractivity contribution in [2.75, 3.05) is 7.11 Å². The normalized spacial score (nSPS) is 11.2. The number of methoxy groups -OCH3 is 1. The minimum absolute atomic E-state index is 0.0888. The van der Waals surface area contributed by atoms with Crippen LogP contribution in [0.4, 0.5) is 13.2 Å². The molecular weight excluding hydrogens is 273 g/mol. The van der Waals surface area contributed by atoms with Gasteiger partial charge in [0.2, 0.25) is 0 Å². The molecule has 0 spiro atoms. The minimum Gasteiger partial charge on any atom is -0.490 e. The monoisotopic (exact) mass is 284 g/mol. The van der Waals surface area contributed by atoms with E-state index in [2.05, 4.69) is 9.97 Å². The van der Waals surface area contributed by atoms with E-state index >= 15 is 0 Å². The Balaban J connectivity index is 2.04. The fourth-order valence-electron chi connectivity index (χ4n) is 1.50. The van der Waals surface area contributed by atoms with Crippen LogP contribution in [0.3, 0.4) is 0 Å². The van der Waals surface area contributed by atoms with Crippen LogP contribution in [-0.2, 0) is 12.8 Å². The molecule has 0 unspecified atom stereocenters. The number of hydrogen-bond acceptors (Lipinski definition) is 4. The van der Waals surface area contributed by atoms with Crippen molar-refractivity contribution in [1.29, 1.82) is 0 Å².